The fraction of sp³-hybridized carbons (Fsp3) is 0.200. The van der Waals surface area contributed by atoms with E-state index in [2.05, 4.69) is 5.32 Å². The van der Waals surface area contributed by atoms with Crippen LogP contribution in [-0.2, 0) is 11.2 Å². The summed E-state index contributed by atoms with van der Waals surface area (Å²) in [5.74, 6) is -0.830. The lowest BCUT2D eigenvalue weighted by Crippen LogP contribution is -2.28. The molecule has 14 heavy (non-hydrogen) atoms. The topological polar surface area (TPSA) is 52.9 Å². The fourth-order valence-electron chi connectivity index (χ4n) is 1.49. The molecule has 0 aromatic heterocycles. The van der Waals surface area contributed by atoms with Gasteiger partial charge in [0.15, 0.2) is 0 Å². The van der Waals surface area contributed by atoms with Crippen LogP contribution in [-0.4, -0.2) is 5.91 Å². The molecule has 0 saturated heterocycles. The van der Waals surface area contributed by atoms with Crippen molar-refractivity contribution in [3.05, 3.63) is 28.8 Å². The average molecular weight is 207 g/mol. The highest BCUT2D eigenvalue weighted by atomic mass is 35.5. The van der Waals surface area contributed by atoms with Crippen LogP contribution in [0.1, 0.15) is 5.56 Å². The first-order chi connectivity index (χ1) is 6.70. The second kappa shape index (κ2) is 3.32. The zero-order chi connectivity index (χ0) is 10.1. The standard InChI is InChI=1S/C10H7ClN2O/c11-8-1-2-9-6(4-8)3-7(5-12)10(14)13-9/h1-2,4,7H,3H2,(H,13,14). The SMILES string of the molecule is N#CC1Cc2cc(Cl)ccc2NC1=O. The van der Waals surface area contributed by atoms with Gasteiger partial charge in [0.25, 0.3) is 0 Å². The van der Waals surface area contributed by atoms with Gasteiger partial charge < -0.3 is 5.32 Å². The molecule has 0 fully saturated rings. The Morgan fingerprint density at radius 1 is 1.57 bits per heavy atom. The van der Waals surface area contributed by atoms with Crippen LogP contribution in [0.5, 0.6) is 0 Å². The number of nitriles is 1. The Bertz CT molecular complexity index is 436. The molecular formula is C10H7ClN2O. The second-order valence-corrected chi connectivity index (χ2v) is 3.61. The third-order valence-electron chi connectivity index (χ3n) is 2.22. The van der Waals surface area contributed by atoms with E-state index in [1.807, 2.05) is 6.07 Å². The number of halogens is 1. The predicted octanol–water partition coefficient (Wildman–Crippen LogP) is 1.97. The van der Waals surface area contributed by atoms with E-state index in [1.165, 1.54) is 0 Å². The number of nitrogens with one attached hydrogen (secondary N) is 1. The summed E-state index contributed by atoms with van der Waals surface area (Å²) in [4.78, 5) is 11.3. The molecule has 1 aromatic rings. The number of anilines is 1. The molecule has 4 heteroatoms. The van der Waals surface area contributed by atoms with Crippen molar-refractivity contribution in [2.75, 3.05) is 5.32 Å². The maximum atomic E-state index is 11.3. The summed E-state index contributed by atoms with van der Waals surface area (Å²) >= 11 is 5.81. The van der Waals surface area contributed by atoms with Gasteiger partial charge >= 0.3 is 0 Å². The van der Waals surface area contributed by atoms with Crippen molar-refractivity contribution in [1.82, 2.24) is 0 Å². The molecule has 0 aliphatic carbocycles. The molecule has 1 unspecified atom stereocenters. The molecule has 1 aliphatic heterocycles. The molecule has 1 aliphatic rings. The van der Waals surface area contributed by atoms with Crippen LogP contribution < -0.4 is 5.32 Å². The first-order valence-electron chi connectivity index (χ1n) is 4.19. The quantitative estimate of drug-likeness (QED) is 0.706. The van der Waals surface area contributed by atoms with Gasteiger partial charge in [-0.15, -0.1) is 0 Å². The number of amides is 1. The van der Waals surface area contributed by atoms with E-state index in [4.69, 9.17) is 16.9 Å². The van der Waals surface area contributed by atoms with Crippen LogP contribution in [0.3, 0.4) is 0 Å². The van der Waals surface area contributed by atoms with Crippen LogP contribution in [0.25, 0.3) is 0 Å². The highest BCUT2D eigenvalue weighted by Crippen LogP contribution is 2.27. The van der Waals surface area contributed by atoms with E-state index in [1.54, 1.807) is 18.2 Å². The highest BCUT2D eigenvalue weighted by molar-refractivity contribution is 6.30. The smallest absolute Gasteiger partial charge is 0.242 e. The molecule has 3 nitrogen and oxygen atoms in total. The summed E-state index contributed by atoms with van der Waals surface area (Å²) in [6.45, 7) is 0. The van der Waals surface area contributed by atoms with Crippen LogP contribution in [0.15, 0.2) is 18.2 Å². The Balaban J connectivity index is 2.42. The number of benzene rings is 1. The van der Waals surface area contributed by atoms with E-state index in [0.29, 0.717) is 11.4 Å². The molecule has 1 atom stereocenters. The van der Waals surface area contributed by atoms with E-state index < -0.39 is 5.92 Å². The monoisotopic (exact) mass is 206 g/mol. The molecule has 1 heterocycles. The van der Waals surface area contributed by atoms with Crippen molar-refractivity contribution in [1.29, 1.82) is 5.26 Å². The maximum Gasteiger partial charge on any atom is 0.242 e. The zero-order valence-corrected chi connectivity index (χ0v) is 8.01. The van der Waals surface area contributed by atoms with Crippen molar-refractivity contribution in [2.45, 2.75) is 6.42 Å². The largest absolute Gasteiger partial charge is 0.325 e. The molecule has 0 saturated carbocycles. The van der Waals surface area contributed by atoms with Crippen molar-refractivity contribution in [3.63, 3.8) is 0 Å². The third-order valence-corrected chi connectivity index (χ3v) is 2.46. The Kier molecular flexibility index (Phi) is 2.14. The summed E-state index contributed by atoms with van der Waals surface area (Å²) in [6, 6.07) is 7.21. The van der Waals surface area contributed by atoms with Gasteiger partial charge in [-0.25, -0.2) is 0 Å². The molecule has 2 rings (SSSR count). The molecule has 1 aromatic carbocycles. The van der Waals surface area contributed by atoms with Crippen molar-refractivity contribution < 1.29 is 4.79 Å². The van der Waals surface area contributed by atoms with Crippen LogP contribution in [0.2, 0.25) is 5.02 Å². The van der Waals surface area contributed by atoms with Crippen molar-refractivity contribution in [2.24, 2.45) is 5.92 Å². The number of carbonyl (C=O) groups is 1. The Morgan fingerprint density at radius 3 is 3.07 bits per heavy atom. The van der Waals surface area contributed by atoms with E-state index >= 15 is 0 Å². The number of nitrogens with zero attached hydrogens (tertiary/aromatic N) is 1. The van der Waals surface area contributed by atoms with Gasteiger partial charge in [0, 0.05) is 10.7 Å². The van der Waals surface area contributed by atoms with E-state index in [-0.39, 0.29) is 5.91 Å². The normalized spacial score (nSPS) is 19.4. The summed E-state index contributed by atoms with van der Waals surface area (Å²) < 4.78 is 0. The second-order valence-electron chi connectivity index (χ2n) is 3.18. The minimum absolute atomic E-state index is 0.234. The lowest BCUT2D eigenvalue weighted by molar-refractivity contribution is -0.118. The van der Waals surface area contributed by atoms with Gasteiger partial charge in [0.1, 0.15) is 5.92 Å². The predicted molar refractivity (Wildman–Crippen MR) is 52.9 cm³/mol. The van der Waals surface area contributed by atoms with E-state index in [0.717, 1.165) is 11.3 Å². The van der Waals surface area contributed by atoms with Crippen molar-refractivity contribution in [3.8, 4) is 6.07 Å². The lowest BCUT2D eigenvalue weighted by Gasteiger charge is -2.20. The van der Waals surface area contributed by atoms with Crippen molar-refractivity contribution >= 4 is 23.2 Å². The average Bonchev–Trinajstić information content (AvgIpc) is 2.17. The number of hydrogen-bond acceptors (Lipinski definition) is 2. The molecule has 0 spiro atoms. The van der Waals surface area contributed by atoms with Crippen LogP contribution in [0, 0.1) is 17.2 Å². The van der Waals surface area contributed by atoms with Gasteiger partial charge in [0.2, 0.25) is 5.91 Å². The highest BCUT2D eigenvalue weighted by Gasteiger charge is 2.25. The van der Waals surface area contributed by atoms with Gasteiger partial charge in [-0.05, 0) is 30.2 Å². The van der Waals surface area contributed by atoms with Crippen LogP contribution in [0.4, 0.5) is 5.69 Å². The first-order valence-corrected chi connectivity index (χ1v) is 4.57. The maximum absolute atomic E-state index is 11.3. The summed E-state index contributed by atoms with van der Waals surface area (Å²) in [5, 5.41) is 12.0. The Morgan fingerprint density at radius 2 is 2.36 bits per heavy atom. The van der Waals surface area contributed by atoms with Gasteiger partial charge in [-0.2, -0.15) is 5.26 Å². The van der Waals surface area contributed by atoms with E-state index in [9.17, 15) is 4.79 Å². The molecule has 1 N–H and O–H groups in total. The Hall–Kier alpha value is -1.53. The number of fused-ring (bicyclic) bond motifs is 1. The van der Waals surface area contributed by atoms with Gasteiger partial charge in [0.05, 0.1) is 6.07 Å². The number of rotatable bonds is 0. The molecule has 1 amide bonds. The summed E-state index contributed by atoms with van der Waals surface area (Å²) in [5.41, 5.74) is 1.68. The van der Waals surface area contributed by atoms with Gasteiger partial charge in [-0.3, -0.25) is 4.79 Å². The van der Waals surface area contributed by atoms with Crippen LogP contribution >= 0.6 is 11.6 Å². The molecular weight excluding hydrogens is 200 g/mol. The summed E-state index contributed by atoms with van der Waals surface area (Å²) in [6.07, 6.45) is 0.443. The minimum Gasteiger partial charge on any atom is -0.325 e. The zero-order valence-electron chi connectivity index (χ0n) is 7.25. The molecule has 0 bridgehead atoms. The summed E-state index contributed by atoms with van der Waals surface area (Å²) in [7, 11) is 0. The Labute approximate surface area is 86.3 Å². The molecule has 0 radical (unpaired) electrons. The minimum atomic E-state index is -0.596. The molecule has 70 valence electrons. The first kappa shape index (κ1) is 9.04. The lowest BCUT2D eigenvalue weighted by atomic mass is 9.94. The fourth-order valence-corrected chi connectivity index (χ4v) is 1.68. The number of hydrogen-bond donors (Lipinski definition) is 1. The third kappa shape index (κ3) is 1.45. The van der Waals surface area contributed by atoms with Gasteiger partial charge in [-0.1, -0.05) is 11.6 Å². The number of carbonyl (C=O) groups excluding carboxylic acids is 1.